The van der Waals surface area contributed by atoms with Crippen molar-refractivity contribution in [3.8, 4) is 11.1 Å². The summed E-state index contributed by atoms with van der Waals surface area (Å²) in [5.74, 6) is -1.17. The van der Waals surface area contributed by atoms with Gasteiger partial charge in [-0.1, -0.05) is 66.2 Å². The van der Waals surface area contributed by atoms with Crippen molar-refractivity contribution in [1.82, 2.24) is 5.32 Å². The minimum Gasteiger partial charge on any atom is -0.545 e. The van der Waals surface area contributed by atoms with E-state index in [1.807, 2.05) is 30.3 Å². The van der Waals surface area contributed by atoms with Gasteiger partial charge in [0, 0.05) is 11.6 Å². The fourth-order valence-electron chi connectivity index (χ4n) is 3.22. The Balaban J connectivity index is 0.00000320. The smallest absolute Gasteiger partial charge is 0.545 e. The molecule has 0 fully saturated rings. The van der Waals surface area contributed by atoms with E-state index in [2.05, 4.69) is 17.4 Å². The van der Waals surface area contributed by atoms with Crippen LogP contribution in [0.5, 0.6) is 0 Å². The van der Waals surface area contributed by atoms with Gasteiger partial charge < -0.3 is 20.3 Å². The molecule has 3 aromatic carbocycles. The van der Waals surface area contributed by atoms with Crippen LogP contribution in [0.3, 0.4) is 0 Å². The van der Waals surface area contributed by atoms with Crippen molar-refractivity contribution in [3.63, 3.8) is 0 Å². The third-order valence-corrected chi connectivity index (χ3v) is 4.98. The number of benzene rings is 3. The summed E-state index contributed by atoms with van der Waals surface area (Å²) in [7, 11) is 0. The van der Waals surface area contributed by atoms with Crippen LogP contribution in [0.4, 0.5) is 0 Å². The van der Waals surface area contributed by atoms with Crippen LogP contribution in [0.2, 0.25) is 5.02 Å². The molecule has 0 heterocycles. The SMILES string of the molecule is O=C([O-])c1cccc(-c2cccc(CCCNC[C@H](O)c3cccc(Cl)c3)c2)c1.[Na+]. The van der Waals surface area contributed by atoms with Gasteiger partial charge in [-0.3, -0.25) is 0 Å². The minimum atomic E-state index is -1.17. The Morgan fingerprint density at radius 2 is 1.70 bits per heavy atom. The van der Waals surface area contributed by atoms with E-state index in [1.54, 1.807) is 24.3 Å². The number of nitrogens with one attached hydrogen (secondary N) is 1. The van der Waals surface area contributed by atoms with Crippen molar-refractivity contribution in [2.24, 2.45) is 0 Å². The number of carboxylic acid groups (broad SMARTS) is 1. The largest absolute Gasteiger partial charge is 1.00 e. The van der Waals surface area contributed by atoms with Crippen LogP contribution in [-0.2, 0) is 6.42 Å². The molecule has 0 aromatic heterocycles. The van der Waals surface area contributed by atoms with E-state index in [4.69, 9.17) is 11.6 Å². The van der Waals surface area contributed by atoms with E-state index in [0.717, 1.165) is 36.1 Å². The molecule has 150 valence electrons. The van der Waals surface area contributed by atoms with Crippen molar-refractivity contribution >= 4 is 17.6 Å². The fourth-order valence-corrected chi connectivity index (χ4v) is 3.42. The molecule has 6 heteroatoms. The summed E-state index contributed by atoms with van der Waals surface area (Å²) < 4.78 is 0. The maximum atomic E-state index is 11.1. The van der Waals surface area contributed by atoms with E-state index < -0.39 is 12.1 Å². The average molecular weight is 432 g/mol. The molecule has 0 amide bonds. The summed E-state index contributed by atoms with van der Waals surface area (Å²) in [6, 6.07) is 22.1. The molecule has 0 spiro atoms. The van der Waals surface area contributed by atoms with E-state index >= 15 is 0 Å². The first-order valence-corrected chi connectivity index (χ1v) is 9.96. The predicted octanol–water partition coefficient (Wildman–Crippen LogP) is 0.630. The van der Waals surface area contributed by atoms with Gasteiger partial charge in [0.05, 0.1) is 12.1 Å². The molecule has 0 aliphatic rings. The van der Waals surface area contributed by atoms with Crippen LogP contribution in [-0.4, -0.2) is 24.2 Å². The molecule has 0 aliphatic heterocycles. The van der Waals surface area contributed by atoms with Crippen molar-refractivity contribution in [1.29, 1.82) is 0 Å². The van der Waals surface area contributed by atoms with E-state index in [9.17, 15) is 15.0 Å². The molecular weight excluding hydrogens is 409 g/mol. The normalized spacial score (nSPS) is 11.5. The quantitative estimate of drug-likeness (QED) is 0.385. The Morgan fingerprint density at radius 1 is 1.00 bits per heavy atom. The molecule has 1 atom stereocenters. The molecular formula is C24H23ClNNaO3. The Hall–Kier alpha value is -1.66. The Bertz CT molecular complexity index is 980. The maximum absolute atomic E-state index is 11.1. The van der Waals surface area contributed by atoms with Crippen LogP contribution in [0.15, 0.2) is 72.8 Å². The third-order valence-electron chi connectivity index (χ3n) is 4.75. The van der Waals surface area contributed by atoms with Crippen molar-refractivity contribution < 1.29 is 44.6 Å². The van der Waals surface area contributed by atoms with Gasteiger partial charge in [-0.05, 0) is 65.4 Å². The summed E-state index contributed by atoms with van der Waals surface area (Å²) in [5, 5.41) is 25.2. The first kappa shape index (κ1) is 24.6. The number of aryl methyl sites for hydroxylation is 1. The number of aliphatic hydroxyl groups excluding tert-OH is 1. The Kier molecular flexibility index (Phi) is 10.1. The number of aliphatic hydroxyl groups is 1. The third kappa shape index (κ3) is 7.24. The van der Waals surface area contributed by atoms with Crippen LogP contribution in [0.25, 0.3) is 11.1 Å². The zero-order chi connectivity index (χ0) is 20.6. The second-order valence-corrected chi connectivity index (χ2v) is 7.38. The van der Waals surface area contributed by atoms with Crippen LogP contribution < -0.4 is 40.0 Å². The number of aromatic carboxylic acids is 1. The second-order valence-electron chi connectivity index (χ2n) is 6.95. The van der Waals surface area contributed by atoms with Crippen LogP contribution in [0.1, 0.15) is 34.0 Å². The van der Waals surface area contributed by atoms with Gasteiger partial charge in [-0.15, -0.1) is 0 Å². The first-order chi connectivity index (χ1) is 14.0. The zero-order valence-corrected chi connectivity index (χ0v) is 19.7. The molecule has 0 unspecified atom stereocenters. The van der Waals surface area contributed by atoms with Gasteiger partial charge in [0.2, 0.25) is 0 Å². The first-order valence-electron chi connectivity index (χ1n) is 9.58. The molecule has 0 aliphatic carbocycles. The number of hydrogen-bond donors (Lipinski definition) is 2. The Labute approximate surface area is 204 Å². The summed E-state index contributed by atoms with van der Waals surface area (Å²) in [5.41, 5.74) is 4.00. The molecule has 0 radical (unpaired) electrons. The second kappa shape index (κ2) is 12.3. The molecule has 2 N–H and O–H groups in total. The van der Waals surface area contributed by atoms with Gasteiger partial charge >= 0.3 is 29.6 Å². The van der Waals surface area contributed by atoms with Crippen LogP contribution in [0, 0.1) is 0 Å². The number of rotatable bonds is 9. The summed E-state index contributed by atoms with van der Waals surface area (Å²) >= 11 is 5.96. The monoisotopic (exact) mass is 431 g/mol. The number of hydrogen-bond acceptors (Lipinski definition) is 4. The zero-order valence-electron chi connectivity index (χ0n) is 17.0. The molecule has 3 aromatic rings. The molecule has 30 heavy (non-hydrogen) atoms. The van der Waals surface area contributed by atoms with Gasteiger partial charge in [-0.2, -0.15) is 0 Å². The summed E-state index contributed by atoms with van der Waals surface area (Å²) in [6.07, 6.45) is 1.21. The fraction of sp³-hybridized carbons (Fsp3) is 0.208. The van der Waals surface area contributed by atoms with Crippen LogP contribution >= 0.6 is 11.6 Å². The van der Waals surface area contributed by atoms with Gasteiger partial charge in [-0.25, -0.2) is 0 Å². The van der Waals surface area contributed by atoms with E-state index in [1.165, 1.54) is 11.6 Å². The molecule has 0 saturated heterocycles. The minimum absolute atomic E-state index is 0. The Morgan fingerprint density at radius 3 is 2.43 bits per heavy atom. The molecule has 0 bridgehead atoms. The number of carbonyl (C=O) groups excluding carboxylic acids is 1. The summed E-state index contributed by atoms with van der Waals surface area (Å²) in [4.78, 5) is 11.1. The van der Waals surface area contributed by atoms with Crippen molar-refractivity contribution in [2.75, 3.05) is 13.1 Å². The van der Waals surface area contributed by atoms with Crippen molar-refractivity contribution in [3.05, 3.63) is 94.5 Å². The van der Waals surface area contributed by atoms with Gasteiger partial charge in [0.1, 0.15) is 0 Å². The summed E-state index contributed by atoms with van der Waals surface area (Å²) in [6.45, 7) is 1.25. The standard InChI is InChI=1S/C24H24ClNO3.Na/c25-22-11-3-9-20(15-22)23(27)16-26-12-4-6-17-5-1-7-18(13-17)19-8-2-10-21(14-19)24(28)29;/h1-3,5,7-11,13-15,23,26-27H,4,6,12,16H2,(H,28,29);/q;+1/p-1/t23-;/m0./s1. The topological polar surface area (TPSA) is 72.4 Å². The van der Waals surface area contributed by atoms with E-state index in [-0.39, 0.29) is 35.1 Å². The number of halogens is 1. The van der Waals surface area contributed by atoms with E-state index in [0.29, 0.717) is 11.6 Å². The number of carbonyl (C=O) groups is 1. The average Bonchev–Trinajstić information content (AvgIpc) is 2.73. The van der Waals surface area contributed by atoms with Crippen molar-refractivity contribution in [2.45, 2.75) is 18.9 Å². The molecule has 0 saturated carbocycles. The molecule has 4 nitrogen and oxygen atoms in total. The predicted molar refractivity (Wildman–Crippen MR) is 114 cm³/mol. The maximum Gasteiger partial charge on any atom is 1.00 e. The number of carboxylic acids is 1. The van der Waals surface area contributed by atoms with Gasteiger partial charge in [0.15, 0.2) is 0 Å². The molecule has 3 rings (SSSR count). The van der Waals surface area contributed by atoms with Gasteiger partial charge in [0.25, 0.3) is 0 Å².